The fourth-order valence-electron chi connectivity index (χ4n) is 2.49. The van der Waals surface area contributed by atoms with Crippen molar-refractivity contribution in [3.05, 3.63) is 77.6 Å². The lowest BCUT2D eigenvalue weighted by molar-refractivity contribution is -0.136. The van der Waals surface area contributed by atoms with Crippen LogP contribution >= 0.6 is 0 Å². The molecule has 0 fully saturated rings. The Kier molecular flexibility index (Phi) is 5.06. The second-order valence-electron chi connectivity index (χ2n) is 5.74. The van der Waals surface area contributed by atoms with E-state index in [1.54, 1.807) is 6.07 Å². The molecule has 0 radical (unpaired) electrons. The van der Waals surface area contributed by atoms with Crippen molar-refractivity contribution in [2.24, 2.45) is 0 Å². The standard InChI is InChI=1S/C19H17F3N4/c1-13-6-2-3-7-14(13)11-23-17-10-18(25-12-24-17)26-16-9-5-4-8-15(16)19(20,21)22/h2-10,12H,11H2,1H3,(H2,23,24,25,26). The minimum absolute atomic E-state index is 0.0523. The zero-order valence-corrected chi connectivity index (χ0v) is 14.0. The number of nitrogens with one attached hydrogen (secondary N) is 2. The van der Waals surface area contributed by atoms with Crippen LogP contribution in [0.2, 0.25) is 0 Å². The second-order valence-corrected chi connectivity index (χ2v) is 5.74. The number of alkyl halides is 3. The molecule has 0 aliphatic heterocycles. The van der Waals surface area contributed by atoms with Crippen molar-refractivity contribution in [2.75, 3.05) is 10.6 Å². The molecule has 2 N–H and O–H groups in total. The molecule has 0 saturated carbocycles. The average Bonchev–Trinajstić information content (AvgIpc) is 2.61. The van der Waals surface area contributed by atoms with Crippen LogP contribution in [0.25, 0.3) is 0 Å². The first-order valence-electron chi connectivity index (χ1n) is 7.97. The van der Waals surface area contributed by atoms with E-state index in [4.69, 9.17) is 0 Å². The second kappa shape index (κ2) is 7.43. The fourth-order valence-corrected chi connectivity index (χ4v) is 2.49. The molecular formula is C19H17F3N4. The Balaban J connectivity index is 1.75. The SMILES string of the molecule is Cc1ccccc1CNc1cc(Nc2ccccc2C(F)(F)F)ncn1. The van der Waals surface area contributed by atoms with Crippen LogP contribution in [0.4, 0.5) is 30.5 Å². The van der Waals surface area contributed by atoms with Crippen molar-refractivity contribution >= 4 is 17.3 Å². The summed E-state index contributed by atoms with van der Waals surface area (Å²) in [5, 5.41) is 5.88. The Morgan fingerprint density at radius 3 is 2.38 bits per heavy atom. The Labute approximate surface area is 149 Å². The Morgan fingerprint density at radius 1 is 0.923 bits per heavy atom. The van der Waals surface area contributed by atoms with E-state index in [0.29, 0.717) is 12.4 Å². The molecule has 134 valence electrons. The van der Waals surface area contributed by atoms with E-state index in [1.165, 1.54) is 24.5 Å². The van der Waals surface area contributed by atoms with E-state index in [0.717, 1.165) is 17.2 Å². The quantitative estimate of drug-likeness (QED) is 0.661. The van der Waals surface area contributed by atoms with Crippen LogP contribution in [0.3, 0.4) is 0 Å². The van der Waals surface area contributed by atoms with Gasteiger partial charge in [-0.1, -0.05) is 36.4 Å². The minimum atomic E-state index is -4.44. The highest BCUT2D eigenvalue weighted by molar-refractivity contribution is 5.63. The molecule has 0 spiro atoms. The highest BCUT2D eigenvalue weighted by Gasteiger charge is 2.33. The van der Waals surface area contributed by atoms with E-state index in [-0.39, 0.29) is 11.5 Å². The van der Waals surface area contributed by atoms with Crippen LogP contribution < -0.4 is 10.6 Å². The van der Waals surface area contributed by atoms with Crippen LogP contribution in [0.5, 0.6) is 0 Å². The number of anilines is 3. The number of benzene rings is 2. The minimum Gasteiger partial charge on any atom is -0.366 e. The van der Waals surface area contributed by atoms with Crippen molar-refractivity contribution in [1.29, 1.82) is 0 Å². The third kappa shape index (κ3) is 4.30. The van der Waals surface area contributed by atoms with Crippen molar-refractivity contribution < 1.29 is 13.2 Å². The number of hydrogen-bond donors (Lipinski definition) is 2. The molecule has 0 atom stereocenters. The summed E-state index contributed by atoms with van der Waals surface area (Å²) in [6.45, 7) is 2.57. The van der Waals surface area contributed by atoms with Gasteiger partial charge in [0.2, 0.25) is 0 Å². The largest absolute Gasteiger partial charge is 0.418 e. The molecule has 0 aliphatic rings. The summed E-state index contributed by atoms with van der Waals surface area (Å²) in [4.78, 5) is 8.11. The van der Waals surface area contributed by atoms with Gasteiger partial charge in [0.05, 0.1) is 11.3 Å². The van der Waals surface area contributed by atoms with Gasteiger partial charge >= 0.3 is 6.18 Å². The summed E-state index contributed by atoms with van der Waals surface area (Å²) < 4.78 is 39.3. The van der Waals surface area contributed by atoms with Gasteiger partial charge in [0.1, 0.15) is 18.0 Å². The Bertz CT molecular complexity index is 894. The summed E-state index contributed by atoms with van der Waals surface area (Å²) in [6, 6.07) is 14.8. The van der Waals surface area contributed by atoms with Crippen molar-refractivity contribution in [3.63, 3.8) is 0 Å². The van der Waals surface area contributed by atoms with Crippen molar-refractivity contribution in [1.82, 2.24) is 9.97 Å². The van der Waals surface area contributed by atoms with Crippen LogP contribution in [0.1, 0.15) is 16.7 Å². The smallest absolute Gasteiger partial charge is 0.366 e. The van der Waals surface area contributed by atoms with E-state index in [2.05, 4.69) is 20.6 Å². The first-order valence-corrected chi connectivity index (χ1v) is 7.97. The van der Waals surface area contributed by atoms with Crippen molar-refractivity contribution in [3.8, 4) is 0 Å². The molecule has 0 unspecified atom stereocenters. The van der Waals surface area contributed by atoms with E-state index < -0.39 is 11.7 Å². The number of aryl methyl sites for hydroxylation is 1. The van der Waals surface area contributed by atoms with Crippen molar-refractivity contribution in [2.45, 2.75) is 19.6 Å². The number of rotatable bonds is 5. The molecule has 0 amide bonds. The first-order chi connectivity index (χ1) is 12.4. The van der Waals surface area contributed by atoms with Gasteiger partial charge in [-0.2, -0.15) is 13.2 Å². The highest BCUT2D eigenvalue weighted by Crippen LogP contribution is 2.35. The third-order valence-electron chi connectivity index (χ3n) is 3.88. The van der Waals surface area contributed by atoms with E-state index in [1.807, 2.05) is 31.2 Å². The van der Waals surface area contributed by atoms with Gasteiger partial charge < -0.3 is 10.6 Å². The topological polar surface area (TPSA) is 49.8 Å². The van der Waals surface area contributed by atoms with Crippen LogP contribution in [-0.2, 0) is 12.7 Å². The fraction of sp³-hybridized carbons (Fsp3) is 0.158. The molecule has 26 heavy (non-hydrogen) atoms. The van der Waals surface area contributed by atoms with Gasteiger partial charge in [0.15, 0.2) is 0 Å². The number of aromatic nitrogens is 2. The Hall–Kier alpha value is -3.09. The monoisotopic (exact) mass is 358 g/mol. The number of halogens is 3. The van der Waals surface area contributed by atoms with Crippen LogP contribution in [0, 0.1) is 6.92 Å². The molecule has 4 nitrogen and oxygen atoms in total. The molecule has 7 heteroatoms. The van der Waals surface area contributed by atoms with Gasteiger partial charge in [-0.05, 0) is 30.2 Å². The molecule has 0 saturated heterocycles. The molecule has 3 aromatic rings. The summed E-state index contributed by atoms with van der Waals surface area (Å²) in [5.74, 6) is 0.805. The maximum absolute atomic E-state index is 13.1. The predicted molar refractivity (Wildman–Crippen MR) is 95.3 cm³/mol. The summed E-state index contributed by atoms with van der Waals surface area (Å²) in [7, 11) is 0. The van der Waals surface area contributed by atoms with Crippen LogP contribution in [0.15, 0.2) is 60.9 Å². The van der Waals surface area contributed by atoms with Gasteiger partial charge in [-0.3, -0.25) is 0 Å². The van der Waals surface area contributed by atoms with Crippen LogP contribution in [-0.4, -0.2) is 9.97 Å². The predicted octanol–water partition coefficient (Wildman–Crippen LogP) is 5.16. The molecule has 0 bridgehead atoms. The third-order valence-corrected chi connectivity index (χ3v) is 3.88. The Morgan fingerprint density at radius 2 is 1.62 bits per heavy atom. The van der Waals surface area contributed by atoms with Gasteiger partial charge in [-0.15, -0.1) is 0 Å². The molecule has 3 rings (SSSR count). The molecule has 1 heterocycles. The maximum Gasteiger partial charge on any atom is 0.418 e. The normalized spacial score (nSPS) is 11.2. The molecule has 0 aliphatic carbocycles. The van der Waals surface area contributed by atoms with Gasteiger partial charge in [0, 0.05) is 12.6 Å². The lowest BCUT2D eigenvalue weighted by atomic mass is 10.1. The lowest BCUT2D eigenvalue weighted by Crippen LogP contribution is -2.09. The van der Waals surface area contributed by atoms with Gasteiger partial charge in [-0.25, -0.2) is 9.97 Å². The average molecular weight is 358 g/mol. The summed E-state index contributed by atoms with van der Waals surface area (Å²) >= 11 is 0. The van der Waals surface area contributed by atoms with Gasteiger partial charge in [0.25, 0.3) is 0 Å². The zero-order chi connectivity index (χ0) is 18.6. The molecule has 2 aromatic carbocycles. The number of para-hydroxylation sites is 1. The zero-order valence-electron chi connectivity index (χ0n) is 14.0. The summed E-state index contributed by atoms with van der Waals surface area (Å²) in [6.07, 6.45) is -3.14. The molecule has 1 aromatic heterocycles. The highest BCUT2D eigenvalue weighted by atomic mass is 19.4. The number of hydrogen-bond acceptors (Lipinski definition) is 4. The maximum atomic E-state index is 13.1. The van der Waals surface area contributed by atoms with E-state index >= 15 is 0 Å². The first kappa shape index (κ1) is 17.7. The lowest BCUT2D eigenvalue weighted by Gasteiger charge is -2.14. The number of nitrogens with zero attached hydrogens (tertiary/aromatic N) is 2. The molecular weight excluding hydrogens is 341 g/mol. The van der Waals surface area contributed by atoms with E-state index in [9.17, 15) is 13.2 Å². The summed E-state index contributed by atoms with van der Waals surface area (Å²) in [5.41, 5.74) is 1.46.